The van der Waals surface area contributed by atoms with Crippen LogP contribution in [0.15, 0.2) is 12.1 Å². The molecule has 2 unspecified atom stereocenters. The van der Waals surface area contributed by atoms with Gasteiger partial charge in [-0.05, 0) is 30.5 Å². The van der Waals surface area contributed by atoms with Crippen molar-refractivity contribution >= 4 is 12.1 Å². The molecule has 3 aliphatic rings. The van der Waals surface area contributed by atoms with Crippen LogP contribution in [0.4, 0.5) is 4.79 Å². The Morgan fingerprint density at radius 2 is 2.17 bits per heavy atom. The third kappa shape index (κ3) is 2.35. The Morgan fingerprint density at radius 1 is 1.38 bits per heavy atom. The van der Waals surface area contributed by atoms with Gasteiger partial charge in [-0.1, -0.05) is 6.07 Å². The predicted molar refractivity (Wildman–Crippen MR) is 83.8 cm³/mol. The van der Waals surface area contributed by atoms with Crippen molar-refractivity contribution in [3.63, 3.8) is 0 Å². The topological polar surface area (TPSA) is 90.3 Å². The van der Waals surface area contributed by atoms with Crippen LogP contribution in [-0.4, -0.2) is 63.8 Å². The summed E-state index contributed by atoms with van der Waals surface area (Å²) >= 11 is 0. The number of aliphatic hydroxyl groups is 1. The van der Waals surface area contributed by atoms with Crippen LogP contribution < -0.4 is 0 Å². The molecule has 1 aliphatic carbocycles. The number of aliphatic hydroxyl groups excluding tert-OH is 1. The molecule has 2 N–H and O–H groups in total. The van der Waals surface area contributed by atoms with E-state index in [1.165, 1.54) is 4.90 Å². The molecule has 1 amide bonds. The lowest BCUT2D eigenvalue weighted by Crippen LogP contribution is -2.49. The molecular formula is C17H20N2O5. The van der Waals surface area contributed by atoms with Gasteiger partial charge in [-0.2, -0.15) is 0 Å². The number of carbonyl (C=O) groups is 2. The molecule has 24 heavy (non-hydrogen) atoms. The monoisotopic (exact) mass is 332 g/mol. The molecular weight excluding hydrogens is 312 g/mol. The highest BCUT2D eigenvalue weighted by Crippen LogP contribution is 2.38. The minimum atomic E-state index is -0.859. The molecule has 1 aromatic carbocycles. The van der Waals surface area contributed by atoms with Gasteiger partial charge in [0, 0.05) is 31.2 Å². The maximum absolute atomic E-state index is 11.6. The Bertz CT molecular complexity index is 719. The third-order valence-corrected chi connectivity index (χ3v) is 5.44. The summed E-state index contributed by atoms with van der Waals surface area (Å²) in [5.74, 6) is -0.306. The van der Waals surface area contributed by atoms with E-state index in [0.29, 0.717) is 25.2 Å². The highest BCUT2D eigenvalue weighted by Gasteiger charge is 2.51. The molecule has 1 aromatic rings. The van der Waals surface area contributed by atoms with Crippen molar-refractivity contribution in [2.75, 3.05) is 19.6 Å². The summed E-state index contributed by atoms with van der Waals surface area (Å²) < 4.78 is 5.05. The lowest BCUT2D eigenvalue weighted by Gasteiger charge is -2.34. The summed E-state index contributed by atoms with van der Waals surface area (Å²) in [6.07, 6.45) is -0.685. The zero-order chi connectivity index (χ0) is 17.0. The van der Waals surface area contributed by atoms with Gasteiger partial charge >= 0.3 is 12.1 Å². The van der Waals surface area contributed by atoms with Crippen molar-refractivity contribution in [2.24, 2.45) is 0 Å². The molecule has 2 heterocycles. The second kappa shape index (κ2) is 5.46. The molecule has 2 fully saturated rings. The number of amides is 1. The van der Waals surface area contributed by atoms with Crippen LogP contribution in [0.2, 0.25) is 0 Å². The first-order valence-corrected chi connectivity index (χ1v) is 8.18. The average Bonchev–Trinajstić information content (AvgIpc) is 3.25. The molecule has 128 valence electrons. The standard InChI is InChI=1S/C17H20N2O5/c1-9-10(2-3-11-12(9)8-24-16(11)21)15(20)7-18-4-5-19(17(22)23)14-6-13(14)18/h2-3,13-15,20H,4-8H2,1H3,(H,22,23)/t13?,14?,15-/m0/s1. The van der Waals surface area contributed by atoms with Gasteiger partial charge in [-0.25, -0.2) is 9.59 Å². The Hall–Kier alpha value is -2.12. The minimum absolute atomic E-state index is 0.0654. The van der Waals surface area contributed by atoms with Crippen LogP contribution in [0.3, 0.4) is 0 Å². The number of esters is 1. The van der Waals surface area contributed by atoms with E-state index < -0.39 is 12.2 Å². The predicted octanol–water partition coefficient (Wildman–Crippen LogP) is 1.14. The maximum atomic E-state index is 11.6. The number of rotatable bonds is 3. The summed E-state index contributed by atoms with van der Waals surface area (Å²) in [6, 6.07) is 3.79. The third-order valence-electron chi connectivity index (χ3n) is 5.44. The fraction of sp³-hybridized carbons (Fsp3) is 0.529. The van der Waals surface area contributed by atoms with Gasteiger partial charge in [0.25, 0.3) is 0 Å². The summed E-state index contributed by atoms with van der Waals surface area (Å²) in [5, 5.41) is 19.8. The first kappa shape index (κ1) is 15.4. The van der Waals surface area contributed by atoms with Gasteiger partial charge in [0.1, 0.15) is 6.61 Å². The molecule has 4 rings (SSSR count). The van der Waals surface area contributed by atoms with Crippen molar-refractivity contribution < 1.29 is 24.5 Å². The van der Waals surface area contributed by atoms with Gasteiger partial charge in [-0.3, -0.25) is 4.90 Å². The van der Waals surface area contributed by atoms with Crippen molar-refractivity contribution in [1.82, 2.24) is 9.80 Å². The Labute approximate surface area is 139 Å². The molecule has 1 saturated carbocycles. The van der Waals surface area contributed by atoms with E-state index in [0.717, 1.165) is 23.1 Å². The Kier molecular flexibility index (Phi) is 3.51. The molecule has 7 heteroatoms. The van der Waals surface area contributed by atoms with E-state index in [4.69, 9.17) is 9.84 Å². The second-order valence-electron chi connectivity index (χ2n) is 6.74. The van der Waals surface area contributed by atoms with Crippen molar-refractivity contribution in [3.05, 3.63) is 34.4 Å². The molecule has 0 spiro atoms. The van der Waals surface area contributed by atoms with Gasteiger partial charge in [0.05, 0.1) is 17.7 Å². The highest BCUT2D eigenvalue weighted by molar-refractivity contribution is 5.93. The molecule has 0 radical (unpaired) electrons. The number of piperazine rings is 1. The largest absolute Gasteiger partial charge is 0.465 e. The number of carbonyl (C=O) groups excluding carboxylic acids is 1. The van der Waals surface area contributed by atoms with Crippen LogP contribution in [0.25, 0.3) is 0 Å². The Morgan fingerprint density at radius 3 is 2.92 bits per heavy atom. The van der Waals surface area contributed by atoms with Gasteiger partial charge < -0.3 is 19.8 Å². The fourth-order valence-corrected chi connectivity index (χ4v) is 3.98. The van der Waals surface area contributed by atoms with E-state index in [2.05, 4.69) is 4.90 Å². The normalized spacial score (nSPS) is 26.6. The van der Waals surface area contributed by atoms with Gasteiger partial charge in [0.2, 0.25) is 0 Å². The average molecular weight is 332 g/mol. The van der Waals surface area contributed by atoms with E-state index >= 15 is 0 Å². The number of carboxylic acid groups (broad SMARTS) is 1. The number of β-amino-alcohol motifs (C(OH)–C–C–N with tert-alkyl or cyclic N) is 1. The number of hydrogen-bond donors (Lipinski definition) is 2. The minimum Gasteiger partial charge on any atom is -0.465 e. The molecule has 3 atom stereocenters. The lowest BCUT2D eigenvalue weighted by molar-refractivity contribution is 0.0535. The van der Waals surface area contributed by atoms with Crippen LogP contribution in [0, 0.1) is 6.92 Å². The molecule has 1 saturated heterocycles. The quantitative estimate of drug-likeness (QED) is 0.807. The molecule has 2 aliphatic heterocycles. The van der Waals surface area contributed by atoms with Gasteiger partial charge in [0.15, 0.2) is 0 Å². The SMILES string of the molecule is Cc1c([C@@H](O)CN2CCN(C(=O)O)C3CC32)ccc2c1COC2=O. The van der Waals surface area contributed by atoms with Crippen molar-refractivity contribution in [1.29, 1.82) is 0 Å². The van der Waals surface area contributed by atoms with E-state index in [-0.39, 0.29) is 24.7 Å². The van der Waals surface area contributed by atoms with Gasteiger partial charge in [-0.15, -0.1) is 0 Å². The Balaban J connectivity index is 1.47. The number of ether oxygens (including phenoxy) is 1. The van der Waals surface area contributed by atoms with E-state index in [1.807, 2.05) is 6.92 Å². The fourth-order valence-electron chi connectivity index (χ4n) is 3.98. The van der Waals surface area contributed by atoms with E-state index in [9.17, 15) is 14.7 Å². The summed E-state index contributed by atoms with van der Waals surface area (Å²) in [5.41, 5.74) is 3.16. The highest BCUT2D eigenvalue weighted by atomic mass is 16.5. The maximum Gasteiger partial charge on any atom is 0.407 e. The van der Waals surface area contributed by atoms with Crippen LogP contribution in [0.5, 0.6) is 0 Å². The first-order valence-electron chi connectivity index (χ1n) is 8.18. The van der Waals surface area contributed by atoms with E-state index in [1.54, 1.807) is 12.1 Å². The van der Waals surface area contributed by atoms with Crippen LogP contribution >= 0.6 is 0 Å². The summed E-state index contributed by atoms with van der Waals surface area (Å²) in [6.45, 7) is 3.76. The lowest BCUT2D eigenvalue weighted by atomic mass is 9.95. The smallest absolute Gasteiger partial charge is 0.407 e. The van der Waals surface area contributed by atoms with Crippen LogP contribution in [-0.2, 0) is 11.3 Å². The molecule has 7 nitrogen and oxygen atoms in total. The summed E-state index contributed by atoms with van der Waals surface area (Å²) in [7, 11) is 0. The molecule has 0 aromatic heterocycles. The molecule has 0 bridgehead atoms. The zero-order valence-corrected chi connectivity index (χ0v) is 13.4. The first-order chi connectivity index (χ1) is 11.5. The number of nitrogens with zero attached hydrogens (tertiary/aromatic N) is 2. The number of benzene rings is 1. The number of fused-ring (bicyclic) bond motifs is 2. The van der Waals surface area contributed by atoms with Crippen molar-refractivity contribution in [3.8, 4) is 0 Å². The zero-order valence-electron chi connectivity index (χ0n) is 13.4. The number of hydrogen-bond acceptors (Lipinski definition) is 5. The van der Waals surface area contributed by atoms with Crippen LogP contribution in [0.1, 0.15) is 39.6 Å². The summed E-state index contributed by atoms with van der Waals surface area (Å²) in [4.78, 5) is 26.4. The van der Waals surface area contributed by atoms with Crippen molar-refractivity contribution in [2.45, 2.75) is 38.1 Å². The second-order valence-corrected chi connectivity index (χ2v) is 6.74. The number of cyclic esters (lactones) is 1.